The third-order valence-corrected chi connectivity index (χ3v) is 4.97. The van der Waals surface area contributed by atoms with Crippen LogP contribution in [0.3, 0.4) is 0 Å². The van der Waals surface area contributed by atoms with Gasteiger partial charge < -0.3 is 9.64 Å². The van der Waals surface area contributed by atoms with E-state index in [1.165, 1.54) is 0 Å². The lowest BCUT2D eigenvalue weighted by atomic mass is 10.0. The van der Waals surface area contributed by atoms with Crippen LogP contribution in [0.1, 0.15) is 33.6 Å². The number of H-pyrrole nitrogens is 1. The Kier molecular flexibility index (Phi) is 4.37. The minimum atomic E-state index is -0.388. The van der Waals surface area contributed by atoms with E-state index in [0.717, 1.165) is 29.7 Å². The van der Waals surface area contributed by atoms with Gasteiger partial charge in [-0.15, -0.1) is 0 Å². The van der Waals surface area contributed by atoms with Gasteiger partial charge in [-0.2, -0.15) is 5.10 Å². The number of ether oxygens (including phenoxy) is 1. The van der Waals surface area contributed by atoms with Crippen molar-refractivity contribution in [1.82, 2.24) is 10.2 Å². The highest BCUT2D eigenvalue weighted by Crippen LogP contribution is 2.42. The highest BCUT2D eigenvalue weighted by Gasteiger charge is 2.41. The number of anilines is 2. The SMILES string of the molecule is CC(C)OC(=O)N1CC(C)N(C(=O)C2CC2)c2ccc(-c3cn[nH]c3)cc21. The van der Waals surface area contributed by atoms with Gasteiger partial charge in [-0.05, 0) is 51.3 Å². The molecule has 1 fully saturated rings. The normalized spacial score (nSPS) is 19.2. The Morgan fingerprint density at radius 3 is 2.63 bits per heavy atom. The number of nitrogens with one attached hydrogen (secondary N) is 1. The van der Waals surface area contributed by atoms with Gasteiger partial charge in [0.15, 0.2) is 0 Å². The molecule has 27 heavy (non-hydrogen) atoms. The van der Waals surface area contributed by atoms with Crippen LogP contribution in [0.25, 0.3) is 11.1 Å². The maximum atomic E-state index is 12.9. The Bertz CT molecular complexity index is 858. The van der Waals surface area contributed by atoms with Crippen LogP contribution in [0.2, 0.25) is 0 Å². The first-order valence-electron chi connectivity index (χ1n) is 9.40. The summed E-state index contributed by atoms with van der Waals surface area (Å²) in [5.41, 5.74) is 3.32. The zero-order valence-electron chi connectivity index (χ0n) is 15.8. The second-order valence-electron chi connectivity index (χ2n) is 7.57. The van der Waals surface area contributed by atoms with Gasteiger partial charge in [0.25, 0.3) is 0 Å². The van der Waals surface area contributed by atoms with Crippen LogP contribution in [-0.2, 0) is 9.53 Å². The first kappa shape index (κ1) is 17.6. The lowest BCUT2D eigenvalue weighted by Gasteiger charge is -2.41. The van der Waals surface area contributed by atoms with E-state index in [2.05, 4.69) is 10.2 Å². The molecular formula is C20H24N4O3. The van der Waals surface area contributed by atoms with E-state index >= 15 is 0 Å². The molecule has 7 heteroatoms. The van der Waals surface area contributed by atoms with E-state index in [9.17, 15) is 9.59 Å². The minimum absolute atomic E-state index is 0.106. The Balaban J connectivity index is 1.78. The highest BCUT2D eigenvalue weighted by molar-refractivity contribution is 6.05. The van der Waals surface area contributed by atoms with Crippen molar-refractivity contribution in [2.75, 3.05) is 16.3 Å². The van der Waals surface area contributed by atoms with Gasteiger partial charge in [-0.25, -0.2) is 4.79 Å². The number of carbonyl (C=O) groups excluding carboxylic acids is 2. The topological polar surface area (TPSA) is 78.5 Å². The van der Waals surface area contributed by atoms with Gasteiger partial charge in [-0.3, -0.25) is 14.8 Å². The summed E-state index contributed by atoms with van der Waals surface area (Å²) in [5.74, 6) is 0.264. The lowest BCUT2D eigenvalue weighted by Crippen LogP contribution is -2.52. The van der Waals surface area contributed by atoms with Gasteiger partial charge in [0.1, 0.15) is 0 Å². The first-order chi connectivity index (χ1) is 13.0. The summed E-state index contributed by atoms with van der Waals surface area (Å²) in [6.07, 6.45) is 4.84. The quantitative estimate of drug-likeness (QED) is 0.898. The summed E-state index contributed by atoms with van der Waals surface area (Å²) >= 11 is 0. The van der Waals surface area contributed by atoms with Crippen molar-refractivity contribution in [2.24, 2.45) is 5.92 Å². The second kappa shape index (κ2) is 6.72. The molecule has 0 spiro atoms. The van der Waals surface area contributed by atoms with Crippen molar-refractivity contribution in [1.29, 1.82) is 0 Å². The van der Waals surface area contributed by atoms with Crippen molar-refractivity contribution in [3.8, 4) is 11.1 Å². The van der Waals surface area contributed by atoms with Gasteiger partial charge in [-0.1, -0.05) is 6.07 Å². The lowest BCUT2D eigenvalue weighted by molar-refractivity contribution is -0.120. The first-order valence-corrected chi connectivity index (χ1v) is 9.40. The second-order valence-corrected chi connectivity index (χ2v) is 7.57. The number of nitrogens with zero attached hydrogens (tertiary/aromatic N) is 3. The third-order valence-electron chi connectivity index (χ3n) is 4.97. The molecule has 0 radical (unpaired) electrons. The Morgan fingerprint density at radius 1 is 1.22 bits per heavy atom. The van der Waals surface area contributed by atoms with Crippen LogP contribution < -0.4 is 9.80 Å². The average Bonchev–Trinajstić information content (AvgIpc) is 3.34. The predicted octanol–water partition coefficient (Wildman–Crippen LogP) is 3.57. The van der Waals surface area contributed by atoms with Gasteiger partial charge in [0, 0.05) is 24.2 Å². The number of hydrogen-bond acceptors (Lipinski definition) is 4. The summed E-state index contributed by atoms with van der Waals surface area (Å²) in [6, 6.07) is 5.70. The fourth-order valence-electron chi connectivity index (χ4n) is 3.51. The molecule has 0 saturated heterocycles. The average molecular weight is 368 g/mol. The molecule has 7 nitrogen and oxygen atoms in total. The number of rotatable bonds is 3. The molecule has 1 aliphatic carbocycles. The number of amides is 2. The maximum absolute atomic E-state index is 12.9. The molecule has 2 aliphatic rings. The van der Waals surface area contributed by atoms with Crippen molar-refractivity contribution in [2.45, 2.75) is 45.8 Å². The fraction of sp³-hybridized carbons (Fsp3) is 0.450. The van der Waals surface area contributed by atoms with E-state index in [1.54, 1.807) is 17.3 Å². The molecular weight excluding hydrogens is 344 g/mol. The van der Waals surface area contributed by atoms with E-state index < -0.39 is 0 Å². The van der Waals surface area contributed by atoms with E-state index in [1.807, 2.05) is 43.9 Å². The molecule has 1 unspecified atom stereocenters. The van der Waals surface area contributed by atoms with Crippen LogP contribution in [0, 0.1) is 5.92 Å². The van der Waals surface area contributed by atoms with Crippen LogP contribution in [-0.4, -0.2) is 40.9 Å². The van der Waals surface area contributed by atoms with E-state index in [4.69, 9.17) is 4.74 Å². The van der Waals surface area contributed by atoms with Crippen LogP contribution in [0.15, 0.2) is 30.6 Å². The van der Waals surface area contributed by atoms with Crippen LogP contribution in [0.4, 0.5) is 16.2 Å². The van der Waals surface area contributed by atoms with Crippen molar-refractivity contribution >= 4 is 23.4 Å². The number of benzene rings is 1. The fourth-order valence-corrected chi connectivity index (χ4v) is 3.51. The van der Waals surface area contributed by atoms with Crippen molar-refractivity contribution in [3.05, 3.63) is 30.6 Å². The molecule has 1 aromatic carbocycles. The van der Waals surface area contributed by atoms with Crippen LogP contribution in [0.5, 0.6) is 0 Å². The number of aromatic nitrogens is 2. The van der Waals surface area contributed by atoms with E-state index in [0.29, 0.717) is 12.2 Å². The standard InChI is InChI=1S/C20H24N4O3/c1-12(2)27-20(26)23-11-13(3)24(19(25)14-4-5-14)17-7-6-15(8-18(17)23)16-9-21-22-10-16/h6-10,12-14H,4-5,11H2,1-3H3,(H,21,22). The molecule has 1 atom stereocenters. The summed E-state index contributed by atoms with van der Waals surface area (Å²) in [4.78, 5) is 29.1. The molecule has 1 saturated carbocycles. The molecule has 142 valence electrons. The predicted molar refractivity (Wildman–Crippen MR) is 103 cm³/mol. The largest absolute Gasteiger partial charge is 0.446 e. The monoisotopic (exact) mass is 368 g/mol. The summed E-state index contributed by atoms with van der Waals surface area (Å²) in [7, 11) is 0. The molecule has 2 amide bonds. The molecule has 1 aromatic heterocycles. The number of hydrogen-bond donors (Lipinski definition) is 1. The summed E-state index contributed by atoms with van der Waals surface area (Å²) < 4.78 is 5.45. The molecule has 1 aliphatic heterocycles. The molecule has 2 aromatic rings. The molecule has 4 rings (SSSR count). The third kappa shape index (κ3) is 3.29. The maximum Gasteiger partial charge on any atom is 0.414 e. The smallest absolute Gasteiger partial charge is 0.414 e. The Labute approximate surface area is 158 Å². The molecule has 2 heterocycles. The highest BCUT2D eigenvalue weighted by atomic mass is 16.6. The van der Waals surface area contributed by atoms with Gasteiger partial charge >= 0.3 is 6.09 Å². The zero-order chi connectivity index (χ0) is 19.1. The number of carbonyl (C=O) groups is 2. The molecule has 1 N–H and O–H groups in total. The summed E-state index contributed by atoms with van der Waals surface area (Å²) in [6.45, 7) is 6.04. The van der Waals surface area contributed by atoms with E-state index in [-0.39, 0.29) is 30.1 Å². The van der Waals surface area contributed by atoms with Gasteiger partial charge in [0.05, 0.1) is 29.7 Å². The van der Waals surface area contributed by atoms with Crippen LogP contribution >= 0.6 is 0 Å². The minimum Gasteiger partial charge on any atom is -0.446 e. The molecule has 0 bridgehead atoms. The summed E-state index contributed by atoms with van der Waals surface area (Å²) in [5, 5.41) is 6.80. The zero-order valence-corrected chi connectivity index (χ0v) is 15.8. The Hall–Kier alpha value is -2.83. The van der Waals surface area contributed by atoms with Gasteiger partial charge in [0.2, 0.25) is 5.91 Å². The number of fused-ring (bicyclic) bond motifs is 1. The van der Waals surface area contributed by atoms with Crippen molar-refractivity contribution < 1.29 is 14.3 Å². The number of aromatic amines is 1. The Morgan fingerprint density at radius 2 is 2.00 bits per heavy atom. The van der Waals surface area contributed by atoms with Crippen molar-refractivity contribution in [3.63, 3.8) is 0 Å².